The van der Waals surface area contributed by atoms with Crippen molar-refractivity contribution in [3.8, 4) is 5.75 Å². The summed E-state index contributed by atoms with van der Waals surface area (Å²) in [5.74, 6) is -0.00141. The van der Waals surface area contributed by atoms with Crippen LogP contribution >= 0.6 is 11.6 Å². The van der Waals surface area contributed by atoms with E-state index in [0.717, 1.165) is 50.9 Å². The van der Waals surface area contributed by atoms with Crippen molar-refractivity contribution < 1.29 is 9.53 Å². The van der Waals surface area contributed by atoms with Crippen LogP contribution in [0.3, 0.4) is 0 Å². The molecule has 0 radical (unpaired) electrons. The number of carbonyl (C=O) groups is 1. The average Bonchev–Trinajstić information content (AvgIpc) is 2.92. The van der Waals surface area contributed by atoms with Gasteiger partial charge in [-0.15, -0.1) is 0 Å². The Bertz CT molecular complexity index is 1220. The van der Waals surface area contributed by atoms with Crippen molar-refractivity contribution in [1.29, 1.82) is 0 Å². The third kappa shape index (κ3) is 10.4. The topological polar surface area (TPSA) is 158 Å². The number of halogens is 1. The van der Waals surface area contributed by atoms with E-state index in [-0.39, 0.29) is 28.4 Å². The van der Waals surface area contributed by atoms with Gasteiger partial charge < -0.3 is 26.8 Å². The molecule has 1 aromatic heterocycles. The fourth-order valence-corrected chi connectivity index (χ4v) is 3.97. The van der Waals surface area contributed by atoms with E-state index in [0.29, 0.717) is 13.2 Å². The molecule has 1 heterocycles. The second-order valence-electron chi connectivity index (χ2n) is 9.20. The van der Waals surface area contributed by atoms with E-state index in [9.17, 15) is 4.79 Å². The number of aryl methyl sites for hydroxylation is 2. The number of hydrogen-bond acceptors (Lipinski definition) is 8. The van der Waals surface area contributed by atoms with Gasteiger partial charge in [-0.1, -0.05) is 54.1 Å². The molecular formula is C28H37ClN8O2. The first-order valence-electron chi connectivity index (χ1n) is 13.0. The molecule has 0 aliphatic carbocycles. The van der Waals surface area contributed by atoms with Gasteiger partial charge in [0.1, 0.15) is 12.4 Å². The molecule has 2 aromatic carbocycles. The van der Waals surface area contributed by atoms with Crippen LogP contribution in [-0.2, 0) is 12.8 Å². The van der Waals surface area contributed by atoms with Gasteiger partial charge in [0.15, 0.2) is 28.4 Å². The lowest BCUT2D eigenvalue weighted by Gasteiger charge is -2.17. The van der Waals surface area contributed by atoms with Crippen molar-refractivity contribution in [2.75, 3.05) is 44.8 Å². The van der Waals surface area contributed by atoms with Gasteiger partial charge in [-0.3, -0.25) is 15.1 Å². The van der Waals surface area contributed by atoms with E-state index in [4.69, 9.17) is 33.5 Å². The standard InChI is InChI=1S/C28H37ClN8O2/c1-37(17-7-11-20-8-3-2-4-9-20)18-19-39-22-14-12-21(13-15-22)10-5-6-16-33-28(32)36-27(38)23-25(30)35-26(31)24(29)34-23/h2-4,8-9,12-15H,5-7,10-11,16-19H2,1H3,(H4,30,31,35)(H3,32,33,36,38). The molecule has 3 rings (SSSR count). The Morgan fingerprint density at radius 1 is 0.949 bits per heavy atom. The van der Waals surface area contributed by atoms with Crippen molar-refractivity contribution in [2.24, 2.45) is 10.7 Å². The Labute approximate surface area is 234 Å². The number of likely N-dealkylation sites (N-methyl/N-ethyl adjacent to an activating group) is 1. The maximum atomic E-state index is 12.3. The summed E-state index contributed by atoms with van der Waals surface area (Å²) in [7, 11) is 2.13. The molecule has 0 saturated heterocycles. The number of hydrogen-bond donors (Lipinski definition) is 4. The predicted molar refractivity (Wildman–Crippen MR) is 157 cm³/mol. The Balaban J connectivity index is 1.28. The summed E-state index contributed by atoms with van der Waals surface area (Å²) in [5.41, 5.74) is 19.4. The first-order valence-corrected chi connectivity index (χ1v) is 13.3. The van der Waals surface area contributed by atoms with Gasteiger partial charge >= 0.3 is 0 Å². The van der Waals surface area contributed by atoms with Crippen LogP contribution in [0.5, 0.6) is 5.75 Å². The van der Waals surface area contributed by atoms with E-state index in [1.54, 1.807) is 0 Å². The molecule has 3 aromatic rings. The lowest BCUT2D eigenvalue weighted by Crippen LogP contribution is -2.38. The zero-order valence-corrected chi connectivity index (χ0v) is 23.0. The molecule has 0 unspecified atom stereocenters. The number of nitrogens with zero attached hydrogens (tertiary/aromatic N) is 4. The minimum Gasteiger partial charge on any atom is -0.492 e. The molecule has 0 atom stereocenters. The van der Waals surface area contributed by atoms with Crippen molar-refractivity contribution in [3.05, 3.63) is 76.6 Å². The molecular weight excluding hydrogens is 516 g/mol. The maximum absolute atomic E-state index is 12.3. The number of ether oxygens (including phenoxy) is 1. The molecule has 0 saturated carbocycles. The van der Waals surface area contributed by atoms with Crippen LogP contribution in [0.1, 0.15) is 40.9 Å². The Morgan fingerprint density at radius 3 is 2.38 bits per heavy atom. The predicted octanol–water partition coefficient (Wildman–Crippen LogP) is 3.31. The average molecular weight is 553 g/mol. The van der Waals surface area contributed by atoms with E-state index < -0.39 is 5.91 Å². The third-order valence-electron chi connectivity index (χ3n) is 6.03. The number of aliphatic imine (C=N–C) groups is 1. The quantitative estimate of drug-likeness (QED) is 0.135. The first kappa shape index (κ1) is 29.7. The third-order valence-corrected chi connectivity index (χ3v) is 6.31. The van der Waals surface area contributed by atoms with Crippen LogP contribution in [0.4, 0.5) is 11.6 Å². The summed E-state index contributed by atoms with van der Waals surface area (Å²) in [5, 5.41) is 2.32. The van der Waals surface area contributed by atoms with Gasteiger partial charge in [-0.2, -0.15) is 0 Å². The van der Waals surface area contributed by atoms with Crippen molar-refractivity contribution in [1.82, 2.24) is 20.2 Å². The molecule has 0 fully saturated rings. The van der Waals surface area contributed by atoms with Crippen LogP contribution < -0.4 is 27.3 Å². The number of nitrogens with two attached hydrogens (primary N) is 3. The number of benzene rings is 2. The minimum atomic E-state index is -0.653. The van der Waals surface area contributed by atoms with Gasteiger partial charge in [-0.25, -0.2) is 9.97 Å². The maximum Gasteiger partial charge on any atom is 0.280 e. The van der Waals surface area contributed by atoms with Crippen LogP contribution in [0.25, 0.3) is 0 Å². The summed E-state index contributed by atoms with van der Waals surface area (Å²) in [6.07, 6.45) is 4.86. The number of rotatable bonds is 14. The minimum absolute atomic E-state index is 0.0301. The molecule has 7 N–H and O–H groups in total. The first-order chi connectivity index (χ1) is 18.8. The van der Waals surface area contributed by atoms with Crippen LogP contribution in [0.2, 0.25) is 5.15 Å². The van der Waals surface area contributed by atoms with Crippen molar-refractivity contribution >= 4 is 35.1 Å². The van der Waals surface area contributed by atoms with Crippen LogP contribution in [0, 0.1) is 0 Å². The number of carbonyl (C=O) groups excluding carboxylic acids is 1. The lowest BCUT2D eigenvalue weighted by atomic mass is 10.1. The lowest BCUT2D eigenvalue weighted by molar-refractivity contribution is 0.0972. The molecule has 0 aliphatic rings. The summed E-state index contributed by atoms with van der Waals surface area (Å²) >= 11 is 5.80. The van der Waals surface area contributed by atoms with Gasteiger partial charge in [-0.05, 0) is 69.0 Å². The molecule has 10 nitrogen and oxygen atoms in total. The smallest absolute Gasteiger partial charge is 0.280 e. The summed E-state index contributed by atoms with van der Waals surface area (Å²) in [6.45, 7) is 3.05. The van der Waals surface area contributed by atoms with Gasteiger partial charge in [0.2, 0.25) is 0 Å². The van der Waals surface area contributed by atoms with E-state index in [1.165, 1.54) is 11.1 Å². The fraction of sp³-hybridized carbons (Fsp3) is 0.357. The highest BCUT2D eigenvalue weighted by Gasteiger charge is 2.16. The molecule has 0 bridgehead atoms. The normalized spacial score (nSPS) is 11.5. The van der Waals surface area contributed by atoms with E-state index >= 15 is 0 Å². The number of nitrogen functional groups attached to an aromatic ring is 2. The summed E-state index contributed by atoms with van der Waals surface area (Å²) < 4.78 is 5.91. The SMILES string of the molecule is CN(CCCc1ccccc1)CCOc1ccc(CCCCN=C(N)NC(=O)c2nc(Cl)c(N)nc2N)cc1. The number of guanidine groups is 1. The molecule has 39 heavy (non-hydrogen) atoms. The second-order valence-corrected chi connectivity index (χ2v) is 9.55. The van der Waals surface area contributed by atoms with Crippen molar-refractivity contribution in [3.63, 3.8) is 0 Å². The van der Waals surface area contributed by atoms with Crippen LogP contribution in [0.15, 0.2) is 59.6 Å². The van der Waals surface area contributed by atoms with Crippen LogP contribution in [-0.4, -0.2) is 60.0 Å². The molecule has 0 spiro atoms. The number of nitrogens with one attached hydrogen (secondary N) is 1. The highest BCUT2D eigenvalue weighted by atomic mass is 35.5. The van der Waals surface area contributed by atoms with Gasteiger partial charge in [0.05, 0.1) is 0 Å². The number of amides is 1. The second kappa shape index (κ2) is 15.5. The number of anilines is 2. The Kier molecular flexibility index (Phi) is 11.8. The number of unbranched alkanes of at least 4 members (excludes halogenated alkanes) is 1. The fourth-order valence-electron chi connectivity index (χ4n) is 3.85. The van der Waals surface area contributed by atoms with Gasteiger partial charge in [0.25, 0.3) is 5.91 Å². The highest BCUT2D eigenvalue weighted by molar-refractivity contribution is 6.31. The van der Waals surface area contributed by atoms with E-state index in [2.05, 4.69) is 68.6 Å². The monoisotopic (exact) mass is 552 g/mol. The number of aromatic nitrogens is 2. The molecule has 0 aliphatic heterocycles. The highest BCUT2D eigenvalue weighted by Crippen LogP contribution is 2.17. The Morgan fingerprint density at radius 2 is 1.64 bits per heavy atom. The Hall–Kier alpha value is -3.89. The summed E-state index contributed by atoms with van der Waals surface area (Å²) in [6, 6.07) is 18.8. The van der Waals surface area contributed by atoms with Crippen molar-refractivity contribution in [2.45, 2.75) is 32.1 Å². The zero-order valence-electron chi connectivity index (χ0n) is 22.3. The molecule has 11 heteroatoms. The summed E-state index contributed by atoms with van der Waals surface area (Å²) in [4.78, 5) is 26.4. The molecule has 208 valence electrons. The van der Waals surface area contributed by atoms with E-state index in [1.807, 2.05) is 18.2 Å². The van der Waals surface area contributed by atoms with Gasteiger partial charge in [0, 0.05) is 13.1 Å². The zero-order chi connectivity index (χ0) is 28.0. The molecule has 1 amide bonds. The largest absolute Gasteiger partial charge is 0.492 e.